The fourth-order valence-corrected chi connectivity index (χ4v) is 6.34. The number of pyridine rings is 1. The Kier molecular flexibility index (Phi) is 5.19. The number of nitrogens with two attached hydrogens (primary N) is 1. The second-order valence-corrected chi connectivity index (χ2v) is 10.5. The lowest BCUT2D eigenvalue weighted by Crippen LogP contribution is -2.47. The standard InChI is InChI=1S/C22H21ClF3N3O2S/c1-19(2,31)21-17(22(21,25)26)20(3,29-18(27)32-21)13-8-11(4-6-14(13)24)9-16(30)15-7-5-12(23)10-28-15/h4-8,10,17,31H,9H2,1-3H3,(H2,27,29)/t17-,20+,21-/m0/s1. The molecule has 1 fully saturated rings. The third kappa shape index (κ3) is 3.24. The highest BCUT2D eigenvalue weighted by atomic mass is 35.5. The number of benzene rings is 1. The van der Waals surface area contributed by atoms with E-state index in [-0.39, 0.29) is 28.6 Å². The lowest BCUT2D eigenvalue weighted by Gasteiger charge is -2.37. The van der Waals surface area contributed by atoms with Gasteiger partial charge in [0.05, 0.1) is 22.1 Å². The number of amidine groups is 1. The minimum absolute atomic E-state index is 0.106. The molecule has 32 heavy (non-hydrogen) atoms. The molecule has 1 saturated carbocycles. The summed E-state index contributed by atoms with van der Waals surface area (Å²) in [5, 5.41) is 10.8. The molecular weight excluding hydrogens is 463 g/mol. The number of carbonyl (C=O) groups excluding carboxylic acids is 1. The highest BCUT2D eigenvalue weighted by Gasteiger charge is 2.91. The monoisotopic (exact) mass is 483 g/mol. The zero-order valence-corrected chi connectivity index (χ0v) is 19.1. The predicted octanol–water partition coefficient (Wildman–Crippen LogP) is 4.35. The number of rotatable bonds is 5. The number of ketones is 1. The number of carbonyl (C=O) groups is 1. The minimum Gasteiger partial charge on any atom is -0.389 e. The Morgan fingerprint density at radius 1 is 1.31 bits per heavy atom. The van der Waals surface area contributed by atoms with E-state index in [9.17, 15) is 14.3 Å². The van der Waals surface area contributed by atoms with Crippen LogP contribution in [-0.2, 0) is 12.0 Å². The highest BCUT2D eigenvalue weighted by molar-refractivity contribution is 8.15. The summed E-state index contributed by atoms with van der Waals surface area (Å²) in [7, 11) is 0. The molecule has 1 aliphatic heterocycles. The number of halogens is 4. The van der Waals surface area contributed by atoms with Crippen molar-refractivity contribution in [2.45, 2.75) is 49.0 Å². The summed E-state index contributed by atoms with van der Waals surface area (Å²) >= 11 is 6.42. The van der Waals surface area contributed by atoms with Crippen molar-refractivity contribution in [1.29, 1.82) is 0 Å². The van der Waals surface area contributed by atoms with Crippen molar-refractivity contribution in [3.63, 3.8) is 0 Å². The summed E-state index contributed by atoms with van der Waals surface area (Å²) in [4.78, 5) is 20.8. The van der Waals surface area contributed by atoms with Crippen LogP contribution in [0, 0.1) is 11.7 Å². The number of hydrogen-bond acceptors (Lipinski definition) is 6. The molecule has 2 heterocycles. The predicted molar refractivity (Wildman–Crippen MR) is 118 cm³/mol. The second kappa shape index (κ2) is 7.20. The molecule has 0 bridgehead atoms. The van der Waals surface area contributed by atoms with Crippen LogP contribution in [0.15, 0.2) is 41.5 Å². The molecule has 5 nitrogen and oxygen atoms in total. The Balaban J connectivity index is 1.74. The van der Waals surface area contributed by atoms with Gasteiger partial charge in [0, 0.05) is 18.2 Å². The third-order valence-corrected chi connectivity index (χ3v) is 8.07. The molecule has 4 rings (SSSR count). The zero-order chi connectivity index (χ0) is 23.7. The number of Topliss-reactive ketones (excluding diaryl/α,β-unsaturated/α-hetero) is 1. The van der Waals surface area contributed by atoms with Gasteiger partial charge in [-0.1, -0.05) is 29.4 Å². The first-order chi connectivity index (χ1) is 14.7. The third-order valence-electron chi connectivity index (χ3n) is 6.21. The maximum atomic E-state index is 15.2. The van der Waals surface area contributed by atoms with Crippen molar-refractivity contribution >= 4 is 34.3 Å². The van der Waals surface area contributed by atoms with E-state index in [0.717, 1.165) is 6.07 Å². The first-order valence-electron chi connectivity index (χ1n) is 9.82. The molecule has 1 aliphatic carbocycles. The van der Waals surface area contributed by atoms with Crippen LogP contribution in [0.4, 0.5) is 13.2 Å². The molecule has 3 N–H and O–H groups in total. The number of nitrogens with zero attached hydrogens (tertiary/aromatic N) is 2. The van der Waals surface area contributed by atoms with Crippen molar-refractivity contribution in [2.24, 2.45) is 16.6 Å². The zero-order valence-electron chi connectivity index (χ0n) is 17.5. The van der Waals surface area contributed by atoms with Crippen LogP contribution in [0.1, 0.15) is 42.4 Å². The average Bonchev–Trinajstić information content (AvgIpc) is 3.21. The summed E-state index contributed by atoms with van der Waals surface area (Å²) in [6.07, 6.45) is 1.22. The molecule has 0 spiro atoms. The van der Waals surface area contributed by atoms with Gasteiger partial charge in [-0.15, -0.1) is 0 Å². The van der Waals surface area contributed by atoms with E-state index in [4.69, 9.17) is 17.3 Å². The van der Waals surface area contributed by atoms with Crippen LogP contribution in [0.3, 0.4) is 0 Å². The number of aliphatic hydroxyl groups is 1. The van der Waals surface area contributed by atoms with E-state index in [1.165, 1.54) is 51.2 Å². The smallest absolute Gasteiger partial charge is 0.273 e. The summed E-state index contributed by atoms with van der Waals surface area (Å²) in [6, 6.07) is 6.90. The van der Waals surface area contributed by atoms with Gasteiger partial charge in [-0.25, -0.2) is 13.2 Å². The molecule has 1 aromatic carbocycles. The Morgan fingerprint density at radius 2 is 2.00 bits per heavy atom. The van der Waals surface area contributed by atoms with Gasteiger partial charge in [-0.2, -0.15) is 0 Å². The largest absolute Gasteiger partial charge is 0.389 e. The first-order valence-corrected chi connectivity index (χ1v) is 11.0. The van der Waals surface area contributed by atoms with Crippen LogP contribution in [0.25, 0.3) is 0 Å². The molecule has 2 aliphatic rings. The van der Waals surface area contributed by atoms with Crippen molar-refractivity contribution in [1.82, 2.24) is 4.98 Å². The van der Waals surface area contributed by atoms with Gasteiger partial charge in [0.2, 0.25) is 0 Å². The van der Waals surface area contributed by atoms with Crippen LogP contribution in [-0.4, -0.2) is 37.3 Å². The molecule has 10 heteroatoms. The van der Waals surface area contributed by atoms with Gasteiger partial charge in [0.25, 0.3) is 5.92 Å². The molecule has 0 unspecified atom stereocenters. The Labute approximate surface area is 192 Å². The van der Waals surface area contributed by atoms with Gasteiger partial charge in [-0.05, 0) is 50.6 Å². The first kappa shape index (κ1) is 23.1. The molecule has 3 atom stereocenters. The average molecular weight is 484 g/mol. The summed E-state index contributed by atoms with van der Waals surface area (Å²) in [5.41, 5.74) is 2.84. The Hall–Kier alpha value is -2.10. The number of aliphatic imine (C=N–C) groups is 1. The molecule has 0 amide bonds. The van der Waals surface area contributed by atoms with Gasteiger partial charge in [0.1, 0.15) is 16.3 Å². The molecule has 0 saturated heterocycles. The lowest BCUT2D eigenvalue weighted by atomic mass is 9.82. The van der Waals surface area contributed by atoms with Crippen molar-refractivity contribution < 1.29 is 23.1 Å². The fraction of sp³-hybridized carbons (Fsp3) is 0.409. The maximum Gasteiger partial charge on any atom is 0.273 e. The number of fused-ring (bicyclic) bond motifs is 1. The molecule has 1 aromatic heterocycles. The summed E-state index contributed by atoms with van der Waals surface area (Å²) < 4.78 is 43.4. The summed E-state index contributed by atoms with van der Waals surface area (Å²) in [5.74, 6) is -5.92. The second-order valence-electron chi connectivity index (χ2n) is 8.83. The highest BCUT2D eigenvalue weighted by Crippen LogP contribution is 2.77. The van der Waals surface area contributed by atoms with Crippen molar-refractivity contribution in [2.75, 3.05) is 0 Å². The number of aromatic nitrogens is 1. The van der Waals surface area contributed by atoms with Crippen LogP contribution >= 0.6 is 23.4 Å². The minimum atomic E-state index is -3.35. The number of thioether (sulfide) groups is 1. The van der Waals surface area contributed by atoms with E-state index in [2.05, 4.69) is 9.98 Å². The van der Waals surface area contributed by atoms with Crippen LogP contribution in [0.2, 0.25) is 5.02 Å². The lowest BCUT2D eigenvalue weighted by molar-refractivity contribution is 0.0124. The SMILES string of the molecule is CC(C)(O)[C@@]12SC(N)=N[C@](C)(c3cc(CC(=O)c4ccc(Cl)cn4)ccc3F)[C@@H]1C2(F)F. The Bertz CT molecular complexity index is 1140. The van der Waals surface area contributed by atoms with Gasteiger partial charge in [-0.3, -0.25) is 14.8 Å². The molecule has 2 aromatic rings. The van der Waals surface area contributed by atoms with E-state index in [0.29, 0.717) is 22.3 Å². The molecule has 0 radical (unpaired) electrons. The maximum absolute atomic E-state index is 15.2. The van der Waals surface area contributed by atoms with E-state index in [1.54, 1.807) is 0 Å². The fourth-order valence-electron chi connectivity index (χ4n) is 4.73. The van der Waals surface area contributed by atoms with Gasteiger partial charge < -0.3 is 10.8 Å². The van der Waals surface area contributed by atoms with Gasteiger partial charge >= 0.3 is 0 Å². The van der Waals surface area contributed by atoms with Crippen molar-refractivity contribution in [3.05, 3.63) is 64.2 Å². The van der Waals surface area contributed by atoms with Crippen LogP contribution < -0.4 is 5.73 Å². The van der Waals surface area contributed by atoms with E-state index < -0.39 is 33.5 Å². The van der Waals surface area contributed by atoms with Crippen LogP contribution in [0.5, 0.6) is 0 Å². The van der Waals surface area contributed by atoms with E-state index >= 15 is 8.78 Å². The quantitative estimate of drug-likeness (QED) is 0.617. The van der Waals surface area contributed by atoms with Crippen molar-refractivity contribution in [3.8, 4) is 0 Å². The summed E-state index contributed by atoms with van der Waals surface area (Å²) in [6.45, 7) is 3.96. The molecule has 170 valence electrons. The number of hydrogen-bond donors (Lipinski definition) is 2. The van der Waals surface area contributed by atoms with E-state index in [1.807, 2.05) is 0 Å². The normalized spacial score (nSPS) is 28.6. The molecular formula is C22H21ClF3N3O2S. The topological polar surface area (TPSA) is 88.6 Å². The Morgan fingerprint density at radius 3 is 2.59 bits per heavy atom. The number of alkyl halides is 2. The van der Waals surface area contributed by atoms with Gasteiger partial charge in [0.15, 0.2) is 11.0 Å².